The average molecular weight is 339 g/mol. The second-order valence-electron chi connectivity index (χ2n) is 6.12. The summed E-state index contributed by atoms with van der Waals surface area (Å²) in [6.45, 7) is 1.12. The van der Waals surface area contributed by atoms with E-state index in [0.29, 0.717) is 37.2 Å². The largest absolute Gasteiger partial charge is 0.494 e. The number of carbonyl (C=O) groups excluding carboxylic acids is 2. The fourth-order valence-corrected chi connectivity index (χ4v) is 3.12. The molecular formula is C19H21N3O3. The molecule has 2 heterocycles. The van der Waals surface area contributed by atoms with E-state index in [1.165, 1.54) is 0 Å². The highest BCUT2D eigenvalue weighted by Crippen LogP contribution is 2.29. The summed E-state index contributed by atoms with van der Waals surface area (Å²) in [6, 6.07) is 9.32. The second-order valence-corrected chi connectivity index (χ2v) is 6.12. The monoisotopic (exact) mass is 339 g/mol. The minimum absolute atomic E-state index is 0.0174. The molecule has 3 rings (SSSR count). The van der Waals surface area contributed by atoms with Crippen molar-refractivity contribution in [3.8, 4) is 16.9 Å². The number of hydrogen-bond donors (Lipinski definition) is 1. The zero-order valence-corrected chi connectivity index (χ0v) is 14.1. The van der Waals surface area contributed by atoms with Crippen LogP contribution in [0.15, 0.2) is 42.7 Å². The van der Waals surface area contributed by atoms with Gasteiger partial charge in [-0.3, -0.25) is 14.6 Å². The minimum Gasteiger partial charge on any atom is -0.494 e. The molecule has 6 heteroatoms. The van der Waals surface area contributed by atoms with Crippen LogP contribution in [-0.2, 0) is 4.79 Å². The summed E-state index contributed by atoms with van der Waals surface area (Å²) >= 11 is 0. The van der Waals surface area contributed by atoms with Crippen LogP contribution >= 0.6 is 0 Å². The van der Waals surface area contributed by atoms with E-state index in [-0.39, 0.29) is 17.7 Å². The van der Waals surface area contributed by atoms with E-state index < -0.39 is 0 Å². The van der Waals surface area contributed by atoms with Gasteiger partial charge in [-0.15, -0.1) is 0 Å². The number of pyridine rings is 1. The van der Waals surface area contributed by atoms with Gasteiger partial charge in [0.2, 0.25) is 5.91 Å². The first-order valence-corrected chi connectivity index (χ1v) is 8.27. The van der Waals surface area contributed by atoms with Crippen LogP contribution < -0.4 is 10.5 Å². The molecular weight excluding hydrogens is 318 g/mol. The van der Waals surface area contributed by atoms with Crippen molar-refractivity contribution < 1.29 is 14.3 Å². The van der Waals surface area contributed by atoms with Crippen LogP contribution in [0.1, 0.15) is 23.2 Å². The molecule has 1 aliphatic heterocycles. The number of carbonyl (C=O) groups is 2. The third-order valence-electron chi connectivity index (χ3n) is 4.63. The maximum absolute atomic E-state index is 12.6. The van der Waals surface area contributed by atoms with Crippen LogP contribution in [0.3, 0.4) is 0 Å². The van der Waals surface area contributed by atoms with Gasteiger partial charge >= 0.3 is 0 Å². The van der Waals surface area contributed by atoms with Crippen LogP contribution in [0, 0.1) is 5.92 Å². The molecule has 1 aromatic heterocycles. The van der Waals surface area contributed by atoms with Gasteiger partial charge in [-0.2, -0.15) is 0 Å². The number of aromatic nitrogens is 1. The van der Waals surface area contributed by atoms with Gasteiger partial charge < -0.3 is 15.4 Å². The number of piperidine rings is 1. The van der Waals surface area contributed by atoms with Crippen molar-refractivity contribution in [2.45, 2.75) is 12.8 Å². The molecule has 25 heavy (non-hydrogen) atoms. The van der Waals surface area contributed by atoms with E-state index in [4.69, 9.17) is 10.5 Å². The first kappa shape index (κ1) is 17.0. The third-order valence-corrected chi connectivity index (χ3v) is 4.63. The van der Waals surface area contributed by atoms with Crippen molar-refractivity contribution in [1.29, 1.82) is 0 Å². The SMILES string of the molecule is COc1cnccc1-c1ccc(C(=O)N2CCC(C(N)=O)CC2)cc1. The minimum atomic E-state index is -0.275. The third kappa shape index (κ3) is 3.63. The van der Waals surface area contributed by atoms with E-state index in [9.17, 15) is 9.59 Å². The highest BCUT2D eigenvalue weighted by molar-refractivity contribution is 5.95. The lowest BCUT2D eigenvalue weighted by atomic mass is 9.95. The fourth-order valence-electron chi connectivity index (χ4n) is 3.12. The zero-order chi connectivity index (χ0) is 17.8. The molecule has 2 amide bonds. The first-order valence-electron chi connectivity index (χ1n) is 8.27. The maximum atomic E-state index is 12.6. The number of nitrogens with zero attached hydrogens (tertiary/aromatic N) is 2. The number of nitrogens with two attached hydrogens (primary N) is 1. The van der Waals surface area contributed by atoms with E-state index in [2.05, 4.69) is 4.98 Å². The Morgan fingerprint density at radius 2 is 1.84 bits per heavy atom. The highest BCUT2D eigenvalue weighted by Gasteiger charge is 2.26. The molecule has 0 spiro atoms. The van der Waals surface area contributed by atoms with Crippen molar-refractivity contribution in [2.24, 2.45) is 11.7 Å². The first-order chi connectivity index (χ1) is 12.1. The van der Waals surface area contributed by atoms with Crippen LogP contribution in [0.2, 0.25) is 0 Å². The lowest BCUT2D eigenvalue weighted by Gasteiger charge is -2.30. The average Bonchev–Trinajstić information content (AvgIpc) is 2.67. The number of ether oxygens (including phenoxy) is 1. The molecule has 0 radical (unpaired) electrons. The predicted octanol–water partition coefficient (Wildman–Crippen LogP) is 2.09. The van der Waals surface area contributed by atoms with Gasteiger partial charge in [0, 0.05) is 36.3 Å². The zero-order valence-electron chi connectivity index (χ0n) is 14.1. The number of likely N-dealkylation sites (tertiary alicyclic amines) is 1. The summed E-state index contributed by atoms with van der Waals surface area (Å²) in [5.74, 6) is 0.277. The van der Waals surface area contributed by atoms with Crippen molar-refractivity contribution in [1.82, 2.24) is 9.88 Å². The smallest absolute Gasteiger partial charge is 0.253 e. The predicted molar refractivity (Wildman–Crippen MR) is 94.0 cm³/mol. The molecule has 6 nitrogen and oxygen atoms in total. The number of rotatable bonds is 4. The summed E-state index contributed by atoms with van der Waals surface area (Å²) in [5, 5.41) is 0. The Balaban J connectivity index is 1.72. The van der Waals surface area contributed by atoms with Crippen LogP contribution in [0.25, 0.3) is 11.1 Å². The molecule has 1 aliphatic rings. The molecule has 0 atom stereocenters. The van der Waals surface area contributed by atoms with Gasteiger partial charge in [0.1, 0.15) is 5.75 Å². The van der Waals surface area contributed by atoms with Crippen molar-refractivity contribution in [3.63, 3.8) is 0 Å². The van der Waals surface area contributed by atoms with Crippen LogP contribution in [0.5, 0.6) is 5.75 Å². The quantitative estimate of drug-likeness (QED) is 0.924. The second kappa shape index (κ2) is 7.34. The van der Waals surface area contributed by atoms with Gasteiger partial charge in [0.25, 0.3) is 5.91 Å². The summed E-state index contributed by atoms with van der Waals surface area (Å²) in [4.78, 5) is 29.7. The molecule has 1 fully saturated rings. The Labute approximate surface area is 146 Å². The number of primary amides is 1. The molecule has 1 aromatic carbocycles. The summed E-state index contributed by atoms with van der Waals surface area (Å²) in [5.41, 5.74) is 7.86. The van der Waals surface area contributed by atoms with E-state index in [0.717, 1.165) is 11.1 Å². The van der Waals surface area contributed by atoms with Gasteiger partial charge in [0.05, 0.1) is 13.3 Å². The normalized spacial score (nSPS) is 15.0. The highest BCUT2D eigenvalue weighted by atomic mass is 16.5. The Kier molecular flexibility index (Phi) is 4.97. The van der Waals surface area contributed by atoms with Crippen molar-refractivity contribution in [2.75, 3.05) is 20.2 Å². The molecule has 2 N–H and O–H groups in total. The van der Waals surface area contributed by atoms with Gasteiger partial charge in [-0.25, -0.2) is 0 Å². The summed E-state index contributed by atoms with van der Waals surface area (Å²) in [6.07, 6.45) is 4.64. The molecule has 1 saturated heterocycles. The topological polar surface area (TPSA) is 85.5 Å². The Hall–Kier alpha value is -2.89. The molecule has 0 unspecified atom stereocenters. The van der Waals surface area contributed by atoms with Gasteiger partial charge in [-0.05, 0) is 36.6 Å². The van der Waals surface area contributed by atoms with E-state index >= 15 is 0 Å². The standard InChI is InChI=1S/C19H21N3O3/c1-25-17-12-21-9-6-16(17)13-2-4-15(5-3-13)19(24)22-10-7-14(8-11-22)18(20)23/h2-6,9,12,14H,7-8,10-11H2,1H3,(H2,20,23). The number of amides is 2. The van der Waals surface area contributed by atoms with Crippen LogP contribution in [-0.4, -0.2) is 41.9 Å². The molecule has 2 aromatic rings. The fraction of sp³-hybridized carbons (Fsp3) is 0.316. The maximum Gasteiger partial charge on any atom is 0.253 e. The van der Waals surface area contributed by atoms with E-state index in [1.807, 2.05) is 30.3 Å². The Bertz CT molecular complexity index is 766. The Morgan fingerprint density at radius 3 is 2.44 bits per heavy atom. The van der Waals surface area contributed by atoms with Gasteiger partial charge in [-0.1, -0.05) is 12.1 Å². The molecule has 0 aliphatic carbocycles. The lowest BCUT2D eigenvalue weighted by Crippen LogP contribution is -2.41. The van der Waals surface area contributed by atoms with Crippen LogP contribution in [0.4, 0.5) is 0 Å². The lowest BCUT2D eigenvalue weighted by molar-refractivity contribution is -0.123. The number of methoxy groups -OCH3 is 1. The molecule has 130 valence electrons. The van der Waals surface area contributed by atoms with E-state index in [1.54, 1.807) is 24.4 Å². The molecule has 0 saturated carbocycles. The number of hydrogen-bond acceptors (Lipinski definition) is 4. The molecule has 0 bridgehead atoms. The summed E-state index contributed by atoms with van der Waals surface area (Å²) < 4.78 is 5.33. The Morgan fingerprint density at radius 1 is 1.16 bits per heavy atom. The number of benzene rings is 1. The van der Waals surface area contributed by atoms with Gasteiger partial charge in [0.15, 0.2) is 0 Å². The summed E-state index contributed by atoms with van der Waals surface area (Å²) in [7, 11) is 1.61. The van der Waals surface area contributed by atoms with Crippen molar-refractivity contribution >= 4 is 11.8 Å². The van der Waals surface area contributed by atoms with Crippen molar-refractivity contribution in [3.05, 3.63) is 48.3 Å².